The van der Waals surface area contributed by atoms with E-state index in [-0.39, 0.29) is 11.7 Å². The maximum absolute atomic E-state index is 12.4. The van der Waals surface area contributed by atoms with Gasteiger partial charge in [-0.1, -0.05) is 6.08 Å². The first-order valence-corrected chi connectivity index (χ1v) is 10.3. The molecule has 0 saturated carbocycles. The average molecular weight is 436 g/mol. The Bertz CT molecular complexity index is 1140. The molecule has 7 heteroatoms. The molecular formula is C25H24O7. The van der Waals surface area contributed by atoms with E-state index in [1.165, 1.54) is 18.2 Å². The van der Waals surface area contributed by atoms with Gasteiger partial charge in [-0.05, 0) is 68.7 Å². The summed E-state index contributed by atoms with van der Waals surface area (Å²) in [5, 5.41) is 0.737. The monoisotopic (exact) mass is 436 g/mol. The van der Waals surface area contributed by atoms with Crippen molar-refractivity contribution in [3.63, 3.8) is 0 Å². The molecule has 0 aliphatic carbocycles. The van der Waals surface area contributed by atoms with Crippen LogP contribution in [-0.2, 0) is 9.53 Å². The first-order chi connectivity index (χ1) is 15.5. The Hall–Kier alpha value is -3.87. The van der Waals surface area contributed by atoms with Gasteiger partial charge in [0, 0.05) is 23.6 Å². The molecule has 3 rings (SSSR count). The van der Waals surface area contributed by atoms with E-state index in [0.717, 1.165) is 24.6 Å². The largest absolute Gasteiger partial charge is 0.494 e. The standard InChI is InChI=1S/C25H24O7/c1-2-6-23(26)30-16-5-3-4-15-29-20-11-8-19(9-12-20)25(28)31-21-13-7-18-10-14-24(27)32-22(18)17-21/h2,6-14,17H,3-5,15-16H2,1H3. The Kier molecular flexibility index (Phi) is 8.20. The molecule has 1 aromatic heterocycles. The van der Waals surface area contributed by atoms with Gasteiger partial charge in [-0.25, -0.2) is 14.4 Å². The molecule has 0 spiro atoms. The molecule has 0 aliphatic heterocycles. The summed E-state index contributed by atoms with van der Waals surface area (Å²) in [7, 11) is 0. The van der Waals surface area contributed by atoms with Gasteiger partial charge in [-0.15, -0.1) is 0 Å². The summed E-state index contributed by atoms with van der Waals surface area (Å²) in [5.41, 5.74) is 0.252. The zero-order valence-corrected chi connectivity index (χ0v) is 17.7. The Morgan fingerprint density at radius 2 is 1.62 bits per heavy atom. The molecular weight excluding hydrogens is 412 g/mol. The highest BCUT2D eigenvalue weighted by Gasteiger charge is 2.10. The van der Waals surface area contributed by atoms with E-state index in [4.69, 9.17) is 18.6 Å². The van der Waals surface area contributed by atoms with Crippen molar-refractivity contribution >= 4 is 22.9 Å². The number of unbranched alkanes of at least 4 members (excludes halogenated alkanes) is 2. The van der Waals surface area contributed by atoms with E-state index in [1.807, 2.05) is 0 Å². The molecule has 0 unspecified atom stereocenters. The van der Waals surface area contributed by atoms with Crippen LogP contribution in [-0.4, -0.2) is 25.2 Å². The third-order valence-corrected chi connectivity index (χ3v) is 4.50. The Morgan fingerprint density at radius 3 is 2.41 bits per heavy atom. The molecule has 1 heterocycles. The van der Waals surface area contributed by atoms with E-state index in [9.17, 15) is 14.4 Å². The summed E-state index contributed by atoms with van der Waals surface area (Å²) < 4.78 is 21.2. The van der Waals surface area contributed by atoms with E-state index in [1.54, 1.807) is 55.5 Å². The molecule has 0 bridgehead atoms. The highest BCUT2D eigenvalue weighted by Crippen LogP contribution is 2.21. The van der Waals surface area contributed by atoms with Gasteiger partial charge in [-0.2, -0.15) is 0 Å². The number of ether oxygens (including phenoxy) is 3. The van der Waals surface area contributed by atoms with Gasteiger partial charge in [0.1, 0.15) is 17.1 Å². The van der Waals surface area contributed by atoms with Crippen molar-refractivity contribution in [2.45, 2.75) is 26.2 Å². The molecule has 0 amide bonds. The lowest BCUT2D eigenvalue weighted by molar-refractivity contribution is -0.137. The zero-order chi connectivity index (χ0) is 22.8. The van der Waals surface area contributed by atoms with Crippen LogP contribution >= 0.6 is 0 Å². The van der Waals surface area contributed by atoms with Crippen molar-refractivity contribution in [2.24, 2.45) is 0 Å². The van der Waals surface area contributed by atoms with Gasteiger partial charge in [0.2, 0.25) is 0 Å². The van der Waals surface area contributed by atoms with Gasteiger partial charge in [0.15, 0.2) is 0 Å². The number of benzene rings is 2. The van der Waals surface area contributed by atoms with Crippen molar-refractivity contribution in [2.75, 3.05) is 13.2 Å². The van der Waals surface area contributed by atoms with Crippen molar-refractivity contribution in [3.05, 3.63) is 82.7 Å². The predicted molar refractivity (Wildman–Crippen MR) is 119 cm³/mol. The topological polar surface area (TPSA) is 92.0 Å². The van der Waals surface area contributed by atoms with Gasteiger partial charge < -0.3 is 18.6 Å². The van der Waals surface area contributed by atoms with Gasteiger partial charge in [0.05, 0.1) is 18.8 Å². The van der Waals surface area contributed by atoms with E-state index in [0.29, 0.717) is 30.1 Å². The number of carbonyl (C=O) groups excluding carboxylic acids is 2. The number of hydrogen-bond donors (Lipinski definition) is 0. The van der Waals surface area contributed by atoms with Crippen LogP contribution in [0.15, 0.2) is 76.0 Å². The maximum Gasteiger partial charge on any atom is 0.343 e. The summed E-state index contributed by atoms with van der Waals surface area (Å²) >= 11 is 0. The minimum absolute atomic E-state index is 0.286. The molecule has 0 saturated heterocycles. The van der Waals surface area contributed by atoms with Crippen LogP contribution in [0.1, 0.15) is 36.5 Å². The molecule has 7 nitrogen and oxygen atoms in total. The highest BCUT2D eigenvalue weighted by molar-refractivity contribution is 5.91. The first-order valence-electron chi connectivity index (χ1n) is 10.3. The van der Waals surface area contributed by atoms with Crippen molar-refractivity contribution < 1.29 is 28.2 Å². The summed E-state index contributed by atoms with van der Waals surface area (Å²) in [6.07, 6.45) is 5.51. The van der Waals surface area contributed by atoms with Crippen LogP contribution < -0.4 is 15.1 Å². The van der Waals surface area contributed by atoms with Crippen molar-refractivity contribution in [1.82, 2.24) is 0 Å². The van der Waals surface area contributed by atoms with E-state index < -0.39 is 11.6 Å². The average Bonchev–Trinajstić information content (AvgIpc) is 2.78. The summed E-state index contributed by atoms with van der Waals surface area (Å²) in [4.78, 5) is 34.9. The Balaban J connectivity index is 1.42. The summed E-state index contributed by atoms with van der Waals surface area (Å²) in [6.45, 7) is 2.68. The lowest BCUT2D eigenvalue weighted by Crippen LogP contribution is -2.08. The number of hydrogen-bond acceptors (Lipinski definition) is 7. The predicted octanol–water partition coefficient (Wildman–Crippen LogP) is 4.68. The molecule has 0 radical (unpaired) electrons. The second-order valence-electron chi connectivity index (χ2n) is 6.94. The van der Waals surface area contributed by atoms with Crippen LogP contribution in [0.5, 0.6) is 11.5 Å². The van der Waals surface area contributed by atoms with Gasteiger partial charge in [0.25, 0.3) is 0 Å². The van der Waals surface area contributed by atoms with Gasteiger partial charge in [-0.3, -0.25) is 0 Å². The number of esters is 2. The Morgan fingerprint density at radius 1 is 0.906 bits per heavy atom. The van der Waals surface area contributed by atoms with Gasteiger partial charge >= 0.3 is 17.6 Å². The molecule has 0 fully saturated rings. The fourth-order valence-corrected chi connectivity index (χ4v) is 2.89. The molecule has 3 aromatic rings. The molecule has 0 atom stereocenters. The second-order valence-corrected chi connectivity index (χ2v) is 6.94. The van der Waals surface area contributed by atoms with Crippen molar-refractivity contribution in [1.29, 1.82) is 0 Å². The fraction of sp³-hybridized carbons (Fsp3) is 0.240. The molecule has 32 heavy (non-hydrogen) atoms. The van der Waals surface area contributed by atoms with E-state index in [2.05, 4.69) is 0 Å². The van der Waals surface area contributed by atoms with Crippen LogP contribution in [0, 0.1) is 0 Å². The van der Waals surface area contributed by atoms with Crippen molar-refractivity contribution in [3.8, 4) is 11.5 Å². The molecule has 166 valence electrons. The normalized spacial score (nSPS) is 10.9. The number of carbonyl (C=O) groups is 2. The lowest BCUT2D eigenvalue weighted by Gasteiger charge is -2.08. The highest BCUT2D eigenvalue weighted by atomic mass is 16.5. The third-order valence-electron chi connectivity index (χ3n) is 4.50. The zero-order valence-electron chi connectivity index (χ0n) is 17.7. The molecule has 0 aliphatic rings. The number of fused-ring (bicyclic) bond motifs is 1. The van der Waals surface area contributed by atoms with Crippen LogP contribution in [0.25, 0.3) is 11.0 Å². The first kappa shape index (κ1) is 22.8. The fourth-order valence-electron chi connectivity index (χ4n) is 2.89. The lowest BCUT2D eigenvalue weighted by atomic mass is 10.2. The molecule has 0 N–H and O–H groups in total. The summed E-state index contributed by atoms with van der Waals surface area (Å²) in [5.74, 6) is 0.0818. The van der Waals surface area contributed by atoms with Crippen LogP contribution in [0.2, 0.25) is 0 Å². The summed E-state index contributed by atoms with van der Waals surface area (Å²) in [6, 6.07) is 14.5. The van der Waals surface area contributed by atoms with Crippen LogP contribution in [0.3, 0.4) is 0 Å². The minimum atomic E-state index is -0.526. The maximum atomic E-state index is 12.4. The quantitative estimate of drug-likeness (QED) is 0.150. The second kappa shape index (κ2) is 11.5. The SMILES string of the molecule is CC=CC(=O)OCCCCCOc1ccc(C(=O)Oc2ccc3ccc(=O)oc3c2)cc1. The third kappa shape index (κ3) is 6.84. The Labute approximate surface area is 185 Å². The van der Waals surface area contributed by atoms with E-state index >= 15 is 0 Å². The number of rotatable bonds is 10. The smallest absolute Gasteiger partial charge is 0.343 e. The van der Waals surface area contributed by atoms with Crippen LogP contribution in [0.4, 0.5) is 0 Å². The number of allylic oxidation sites excluding steroid dienone is 1. The minimum Gasteiger partial charge on any atom is -0.494 e. The molecule has 2 aromatic carbocycles.